The molecule has 1 N–H and O–H groups in total. The number of hydrogen-bond donors (Lipinski definition) is 1. The monoisotopic (exact) mass is 394 g/mol. The third-order valence-corrected chi connectivity index (χ3v) is 5.55. The van der Waals surface area contributed by atoms with Crippen LogP contribution in [0.5, 0.6) is 5.75 Å². The molecule has 0 radical (unpaired) electrons. The molecule has 1 heterocycles. The Morgan fingerprint density at radius 2 is 1.93 bits per heavy atom. The normalized spacial score (nSPS) is 17.3. The van der Waals surface area contributed by atoms with E-state index in [9.17, 15) is 4.79 Å². The number of nitrogens with zero attached hydrogens (tertiary/aromatic N) is 1. The molecule has 156 valence electrons. The maximum atomic E-state index is 12.4. The number of rotatable bonds is 8. The van der Waals surface area contributed by atoms with Crippen molar-refractivity contribution in [1.82, 2.24) is 10.2 Å². The Bertz CT molecular complexity index is 786. The first-order chi connectivity index (χ1) is 14.0. The number of para-hydroxylation sites is 1. The molecule has 1 unspecified atom stereocenters. The van der Waals surface area contributed by atoms with Crippen molar-refractivity contribution < 1.29 is 9.53 Å². The Morgan fingerprint density at radius 1 is 1.17 bits per heavy atom. The van der Waals surface area contributed by atoms with Crippen LogP contribution < -0.4 is 10.1 Å². The molecular formula is C25H34N2O2. The number of carbonyl (C=O) groups excluding carboxylic acids is 1. The lowest BCUT2D eigenvalue weighted by Crippen LogP contribution is -2.33. The molecule has 3 rings (SSSR count). The van der Waals surface area contributed by atoms with E-state index in [1.165, 1.54) is 37.1 Å². The number of carbonyl (C=O) groups is 1. The molecule has 1 amide bonds. The molecule has 1 aliphatic rings. The van der Waals surface area contributed by atoms with Gasteiger partial charge in [-0.1, -0.05) is 51.1 Å². The molecule has 4 nitrogen and oxygen atoms in total. The van der Waals surface area contributed by atoms with Crippen LogP contribution in [0.4, 0.5) is 0 Å². The van der Waals surface area contributed by atoms with Crippen LogP contribution in [0, 0.1) is 5.92 Å². The molecule has 0 bridgehead atoms. The molecule has 1 atom stereocenters. The van der Waals surface area contributed by atoms with E-state index in [2.05, 4.69) is 49.2 Å². The maximum absolute atomic E-state index is 12.4. The van der Waals surface area contributed by atoms with Gasteiger partial charge < -0.3 is 10.1 Å². The Balaban J connectivity index is 1.44. The maximum Gasteiger partial charge on any atom is 0.251 e. The van der Waals surface area contributed by atoms with E-state index in [0.717, 1.165) is 18.2 Å². The van der Waals surface area contributed by atoms with Gasteiger partial charge in [0.05, 0.1) is 6.54 Å². The van der Waals surface area contributed by atoms with Gasteiger partial charge in [0.25, 0.3) is 5.91 Å². The third kappa shape index (κ3) is 6.33. The van der Waals surface area contributed by atoms with Gasteiger partial charge in [0, 0.05) is 18.7 Å². The summed E-state index contributed by atoms with van der Waals surface area (Å²) in [6.45, 7) is 10.9. The van der Waals surface area contributed by atoms with E-state index in [1.807, 2.05) is 30.3 Å². The van der Waals surface area contributed by atoms with Crippen LogP contribution in [0.1, 0.15) is 61.0 Å². The van der Waals surface area contributed by atoms with Gasteiger partial charge in [-0.25, -0.2) is 0 Å². The van der Waals surface area contributed by atoms with E-state index in [-0.39, 0.29) is 5.91 Å². The van der Waals surface area contributed by atoms with Crippen LogP contribution in [0.25, 0.3) is 0 Å². The quantitative estimate of drug-likeness (QED) is 0.651. The number of hydrogen-bond acceptors (Lipinski definition) is 3. The first-order valence-electron chi connectivity index (χ1n) is 10.8. The highest BCUT2D eigenvalue weighted by molar-refractivity contribution is 5.94. The van der Waals surface area contributed by atoms with Gasteiger partial charge in [0.2, 0.25) is 0 Å². The molecule has 1 fully saturated rings. The van der Waals surface area contributed by atoms with E-state index in [0.29, 0.717) is 24.6 Å². The van der Waals surface area contributed by atoms with E-state index in [4.69, 9.17) is 4.74 Å². The predicted molar refractivity (Wildman–Crippen MR) is 118 cm³/mol. The standard InChI is InChI=1S/C25H34N2O2/c1-19(2)23-8-4-5-9-24(23)29-16-14-26-25(28)22-12-10-21(11-13-22)18-27-15-6-7-20(3)17-27/h4-5,8-13,19-20H,6-7,14-18H2,1-3H3,(H,26,28). The summed E-state index contributed by atoms with van der Waals surface area (Å²) in [6.07, 6.45) is 2.62. The molecule has 4 heteroatoms. The van der Waals surface area contributed by atoms with E-state index in [1.54, 1.807) is 0 Å². The number of ether oxygens (including phenoxy) is 1. The second kappa shape index (κ2) is 10.4. The molecule has 29 heavy (non-hydrogen) atoms. The highest BCUT2D eigenvalue weighted by Crippen LogP contribution is 2.25. The fourth-order valence-electron chi connectivity index (χ4n) is 3.97. The molecule has 1 aliphatic heterocycles. The van der Waals surface area contributed by atoms with Gasteiger partial charge in [-0.05, 0) is 60.5 Å². The largest absolute Gasteiger partial charge is 0.491 e. The van der Waals surface area contributed by atoms with Crippen LogP contribution in [-0.2, 0) is 6.54 Å². The minimum atomic E-state index is -0.0520. The molecule has 1 saturated heterocycles. The Kier molecular flexibility index (Phi) is 7.70. The lowest BCUT2D eigenvalue weighted by atomic mass is 9.99. The zero-order valence-electron chi connectivity index (χ0n) is 18.0. The van der Waals surface area contributed by atoms with Crippen molar-refractivity contribution in [1.29, 1.82) is 0 Å². The first-order valence-corrected chi connectivity index (χ1v) is 10.8. The number of likely N-dealkylation sites (tertiary alicyclic amines) is 1. The lowest BCUT2D eigenvalue weighted by molar-refractivity contribution is 0.0947. The van der Waals surface area contributed by atoms with Crippen LogP contribution >= 0.6 is 0 Å². The molecule has 0 spiro atoms. The van der Waals surface area contributed by atoms with Crippen molar-refractivity contribution in [3.05, 3.63) is 65.2 Å². The smallest absolute Gasteiger partial charge is 0.251 e. The highest BCUT2D eigenvalue weighted by atomic mass is 16.5. The van der Waals surface area contributed by atoms with Crippen molar-refractivity contribution in [2.75, 3.05) is 26.2 Å². The van der Waals surface area contributed by atoms with E-state index >= 15 is 0 Å². The van der Waals surface area contributed by atoms with Gasteiger partial charge in [-0.2, -0.15) is 0 Å². The highest BCUT2D eigenvalue weighted by Gasteiger charge is 2.16. The van der Waals surface area contributed by atoms with E-state index < -0.39 is 0 Å². The summed E-state index contributed by atoms with van der Waals surface area (Å²) in [4.78, 5) is 14.9. The second-order valence-corrected chi connectivity index (χ2v) is 8.48. The summed E-state index contributed by atoms with van der Waals surface area (Å²) < 4.78 is 5.88. The average molecular weight is 395 g/mol. The van der Waals surface area contributed by atoms with Crippen molar-refractivity contribution in [2.45, 2.75) is 46.1 Å². The minimum absolute atomic E-state index is 0.0520. The lowest BCUT2D eigenvalue weighted by Gasteiger charge is -2.30. The minimum Gasteiger partial charge on any atom is -0.491 e. The summed E-state index contributed by atoms with van der Waals surface area (Å²) in [5.41, 5.74) is 3.16. The summed E-state index contributed by atoms with van der Waals surface area (Å²) >= 11 is 0. The molecule has 2 aromatic carbocycles. The van der Waals surface area contributed by atoms with Crippen LogP contribution in [0.3, 0.4) is 0 Å². The zero-order valence-corrected chi connectivity index (χ0v) is 18.0. The number of piperidine rings is 1. The Hall–Kier alpha value is -2.33. The molecule has 0 saturated carbocycles. The number of benzene rings is 2. The van der Waals surface area contributed by atoms with Crippen molar-refractivity contribution >= 4 is 5.91 Å². The summed E-state index contributed by atoms with van der Waals surface area (Å²) in [6, 6.07) is 16.1. The van der Waals surface area contributed by atoms with Gasteiger partial charge in [0.1, 0.15) is 12.4 Å². The molecule has 2 aromatic rings. The van der Waals surface area contributed by atoms with Crippen LogP contribution in [-0.4, -0.2) is 37.0 Å². The third-order valence-electron chi connectivity index (χ3n) is 5.55. The van der Waals surface area contributed by atoms with Crippen LogP contribution in [0.15, 0.2) is 48.5 Å². The summed E-state index contributed by atoms with van der Waals surface area (Å²) in [5, 5.41) is 2.95. The van der Waals surface area contributed by atoms with Crippen molar-refractivity contribution in [3.63, 3.8) is 0 Å². The molecule has 0 aromatic heterocycles. The molecular weight excluding hydrogens is 360 g/mol. The van der Waals surface area contributed by atoms with Gasteiger partial charge in [-0.3, -0.25) is 9.69 Å². The average Bonchev–Trinajstić information content (AvgIpc) is 2.72. The SMILES string of the molecule is CC1CCCN(Cc2ccc(C(=O)NCCOc3ccccc3C(C)C)cc2)C1. The Labute approximate surface area is 175 Å². The summed E-state index contributed by atoms with van der Waals surface area (Å²) in [7, 11) is 0. The van der Waals surface area contributed by atoms with Crippen molar-refractivity contribution in [3.8, 4) is 5.75 Å². The fourth-order valence-corrected chi connectivity index (χ4v) is 3.97. The van der Waals surface area contributed by atoms with Crippen LogP contribution in [0.2, 0.25) is 0 Å². The second-order valence-electron chi connectivity index (χ2n) is 8.48. The van der Waals surface area contributed by atoms with Gasteiger partial charge in [0.15, 0.2) is 0 Å². The zero-order chi connectivity index (χ0) is 20.6. The van der Waals surface area contributed by atoms with Gasteiger partial charge in [-0.15, -0.1) is 0 Å². The number of nitrogens with one attached hydrogen (secondary N) is 1. The first kappa shape index (κ1) is 21.4. The molecule has 0 aliphatic carbocycles. The number of amides is 1. The fraction of sp³-hybridized carbons (Fsp3) is 0.480. The summed E-state index contributed by atoms with van der Waals surface area (Å²) in [5.74, 6) is 2.04. The Morgan fingerprint density at radius 3 is 2.66 bits per heavy atom. The van der Waals surface area contributed by atoms with Crippen molar-refractivity contribution in [2.24, 2.45) is 5.92 Å². The van der Waals surface area contributed by atoms with Gasteiger partial charge >= 0.3 is 0 Å². The topological polar surface area (TPSA) is 41.6 Å². The predicted octanol–water partition coefficient (Wildman–Crippen LogP) is 4.85.